The van der Waals surface area contributed by atoms with Crippen molar-refractivity contribution in [2.45, 2.75) is 25.4 Å². The summed E-state index contributed by atoms with van der Waals surface area (Å²) < 4.78 is 38.1. The Morgan fingerprint density at radius 1 is 1.07 bits per heavy atom. The highest BCUT2D eigenvalue weighted by molar-refractivity contribution is 6.31. The fourth-order valence-electron chi connectivity index (χ4n) is 3.43. The molecule has 0 fully saturated rings. The minimum Gasteiger partial charge on any atom is -0.322 e. The molecule has 3 aromatic rings. The second-order valence-corrected chi connectivity index (χ2v) is 6.89. The van der Waals surface area contributed by atoms with E-state index >= 15 is 0 Å². The topological polar surface area (TPSA) is 42.0 Å². The van der Waals surface area contributed by atoms with E-state index in [0.29, 0.717) is 27.2 Å². The highest BCUT2D eigenvalue weighted by Gasteiger charge is 2.30. The lowest BCUT2D eigenvalue weighted by atomic mass is 10.0. The number of hydrogen-bond donors (Lipinski definition) is 1. The molecular formula is C20H14ClF3N2O. The van der Waals surface area contributed by atoms with Gasteiger partial charge in [0.1, 0.15) is 0 Å². The number of rotatable bonds is 2. The summed E-state index contributed by atoms with van der Waals surface area (Å²) in [6.45, 7) is 0. The van der Waals surface area contributed by atoms with E-state index in [-0.39, 0.29) is 5.91 Å². The number of nitrogens with zero attached hydrogens (tertiary/aromatic N) is 1. The highest BCUT2D eigenvalue weighted by atomic mass is 35.5. The lowest BCUT2D eigenvalue weighted by molar-refractivity contribution is -0.137. The maximum Gasteiger partial charge on any atom is 0.416 e. The van der Waals surface area contributed by atoms with E-state index in [0.717, 1.165) is 42.7 Å². The van der Waals surface area contributed by atoms with Crippen LogP contribution in [-0.4, -0.2) is 10.9 Å². The van der Waals surface area contributed by atoms with E-state index in [1.54, 1.807) is 18.2 Å². The molecule has 1 aliphatic carbocycles. The molecule has 0 saturated carbocycles. The Hall–Kier alpha value is -2.60. The fraction of sp³-hybridized carbons (Fsp3) is 0.200. The molecule has 0 saturated heterocycles. The second kappa shape index (κ2) is 6.53. The molecule has 0 atom stereocenters. The van der Waals surface area contributed by atoms with Crippen molar-refractivity contribution in [3.05, 3.63) is 69.9 Å². The Balaban J connectivity index is 1.73. The van der Waals surface area contributed by atoms with Crippen molar-refractivity contribution in [3.8, 4) is 0 Å². The molecule has 4 rings (SSSR count). The van der Waals surface area contributed by atoms with Crippen LogP contribution in [0.4, 0.5) is 18.9 Å². The maximum atomic E-state index is 13.0. The Morgan fingerprint density at radius 2 is 1.81 bits per heavy atom. The lowest BCUT2D eigenvalue weighted by Gasteiger charge is -2.14. The molecule has 0 unspecified atom stereocenters. The quantitative estimate of drug-likeness (QED) is 0.614. The first kappa shape index (κ1) is 17.8. The first-order chi connectivity index (χ1) is 12.8. The number of nitrogens with one attached hydrogen (secondary N) is 1. The predicted molar refractivity (Wildman–Crippen MR) is 98.2 cm³/mol. The number of amides is 1. The van der Waals surface area contributed by atoms with E-state index in [4.69, 9.17) is 11.6 Å². The lowest BCUT2D eigenvalue weighted by Crippen LogP contribution is -2.16. The second-order valence-electron chi connectivity index (χ2n) is 6.46. The Bertz CT molecular complexity index is 1050. The zero-order chi connectivity index (χ0) is 19.2. The van der Waals surface area contributed by atoms with Crippen LogP contribution in [0.1, 0.15) is 33.6 Å². The van der Waals surface area contributed by atoms with Crippen molar-refractivity contribution in [2.24, 2.45) is 0 Å². The Labute approximate surface area is 158 Å². The number of carbonyl (C=O) groups excluding carboxylic acids is 1. The smallest absolute Gasteiger partial charge is 0.322 e. The van der Waals surface area contributed by atoms with E-state index in [1.807, 2.05) is 0 Å². The SMILES string of the molecule is O=C(Nc1ccc(C(F)(F)F)cc1)c1c2c(nc3ccc(Cl)cc13)CCC2. The molecule has 0 aliphatic heterocycles. The summed E-state index contributed by atoms with van der Waals surface area (Å²) in [5.41, 5.74) is 2.48. The molecular weight excluding hydrogens is 377 g/mol. The van der Waals surface area contributed by atoms with Gasteiger partial charge in [0.15, 0.2) is 0 Å². The van der Waals surface area contributed by atoms with Gasteiger partial charge in [-0.3, -0.25) is 9.78 Å². The number of aryl methyl sites for hydroxylation is 1. The third kappa shape index (κ3) is 3.37. The van der Waals surface area contributed by atoms with E-state index in [9.17, 15) is 18.0 Å². The Kier molecular flexibility index (Phi) is 4.30. The number of fused-ring (bicyclic) bond motifs is 2. The van der Waals surface area contributed by atoms with Crippen LogP contribution >= 0.6 is 11.6 Å². The van der Waals surface area contributed by atoms with Gasteiger partial charge in [-0.1, -0.05) is 11.6 Å². The van der Waals surface area contributed by atoms with Crippen molar-refractivity contribution in [1.29, 1.82) is 0 Å². The zero-order valence-corrected chi connectivity index (χ0v) is 14.8. The molecule has 0 radical (unpaired) electrons. The van der Waals surface area contributed by atoms with Gasteiger partial charge in [-0.2, -0.15) is 13.2 Å². The molecule has 1 heterocycles. The van der Waals surface area contributed by atoms with Gasteiger partial charge in [-0.15, -0.1) is 0 Å². The van der Waals surface area contributed by atoms with Gasteiger partial charge in [-0.25, -0.2) is 0 Å². The summed E-state index contributed by atoms with van der Waals surface area (Å²) >= 11 is 6.10. The fourth-order valence-corrected chi connectivity index (χ4v) is 3.60. The third-order valence-corrected chi connectivity index (χ3v) is 4.91. The number of aromatic nitrogens is 1. The molecule has 0 bridgehead atoms. The number of benzene rings is 2. The maximum absolute atomic E-state index is 13.0. The van der Waals surface area contributed by atoms with E-state index in [2.05, 4.69) is 10.3 Å². The van der Waals surface area contributed by atoms with Gasteiger partial charge < -0.3 is 5.32 Å². The number of pyridine rings is 1. The summed E-state index contributed by atoms with van der Waals surface area (Å²) in [6.07, 6.45) is -1.97. The molecule has 27 heavy (non-hydrogen) atoms. The molecule has 0 spiro atoms. The molecule has 1 aliphatic rings. The monoisotopic (exact) mass is 390 g/mol. The normalized spacial score (nSPS) is 13.6. The van der Waals surface area contributed by atoms with Crippen molar-refractivity contribution in [1.82, 2.24) is 4.98 Å². The molecule has 1 amide bonds. The number of hydrogen-bond acceptors (Lipinski definition) is 2. The Morgan fingerprint density at radius 3 is 2.52 bits per heavy atom. The van der Waals surface area contributed by atoms with Crippen LogP contribution in [0.5, 0.6) is 0 Å². The van der Waals surface area contributed by atoms with Gasteiger partial charge in [0.25, 0.3) is 5.91 Å². The van der Waals surface area contributed by atoms with E-state index < -0.39 is 11.7 Å². The molecule has 7 heteroatoms. The highest BCUT2D eigenvalue weighted by Crippen LogP contribution is 2.33. The molecule has 2 aromatic carbocycles. The largest absolute Gasteiger partial charge is 0.416 e. The zero-order valence-electron chi connectivity index (χ0n) is 14.0. The third-order valence-electron chi connectivity index (χ3n) is 4.67. The summed E-state index contributed by atoms with van der Waals surface area (Å²) in [5.74, 6) is -0.373. The standard InChI is InChI=1S/C20H14ClF3N2O/c21-12-6-9-17-15(10-12)18(14-2-1-3-16(14)26-17)19(27)25-13-7-4-11(5-8-13)20(22,23)24/h4-10H,1-3H2,(H,25,27). The predicted octanol–water partition coefficient (Wildman–Crippen LogP) is 5.65. The van der Waals surface area contributed by atoms with Crippen LogP contribution in [0.15, 0.2) is 42.5 Å². The van der Waals surface area contributed by atoms with Crippen LogP contribution in [0.3, 0.4) is 0 Å². The van der Waals surface area contributed by atoms with Gasteiger partial charge in [0, 0.05) is 21.8 Å². The molecule has 3 nitrogen and oxygen atoms in total. The average Bonchev–Trinajstić information content (AvgIpc) is 3.07. The first-order valence-electron chi connectivity index (χ1n) is 8.42. The van der Waals surface area contributed by atoms with Crippen LogP contribution in [-0.2, 0) is 19.0 Å². The number of anilines is 1. The number of halogens is 4. The summed E-state index contributed by atoms with van der Waals surface area (Å²) in [5, 5.41) is 3.84. The summed E-state index contributed by atoms with van der Waals surface area (Å²) in [7, 11) is 0. The van der Waals surface area contributed by atoms with Crippen molar-refractivity contribution >= 4 is 34.1 Å². The van der Waals surface area contributed by atoms with Gasteiger partial charge in [0.05, 0.1) is 16.6 Å². The molecule has 1 aromatic heterocycles. The minimum absolute atomic E-state index is 0.298. The summed E-state index contributed by atoms with van der Waals surface area (Å²) in [4.78, 5) is 17.6. The number of alkyl halides is 3. The van der Waals surface area contributed by atoms with Crippen LogP contribution < -0.4 is 5.32 Å². The van der Waals surface area contributed by atoms with Gasteiger partial charge in [0.2, 0.25) is 0 Å². The number of carbonyl (C=O) groups is 1. The van der Waals surface area contributed by atoms with Crippen LogP contribution in [0, 0.1) is 0 Å². The molecule has 138 valence electrons. The van der Waals surface area contributed by atoms with Crippen LogP contribution in [0.25, 0.3) is 10.9 Å². The van der Waals surface area contributed by atoms with Crippen LogP contribution in [0.2, 0.25) is 5.02 Å². The minimum atomic E-state index is -4.42. The summed E-state index contributed by atoms with van der Waals surface area (Å²) in [6, 6.07) is 9.57. The van der Waals surface area contributed by atoms with Gasteiger partial charge >= 0.3 is 6.18 Å². The average molecular weight is 391 g/mol. The van der Waals surface area contributed by atoms with Gasteiger partial charge in [-0.05, 0) is 67.3 Å². The first-order valence-corrected chi connectivity index (χ1v) is 8.80. The molecule has 1 N–H and O–H groups in total. The van der Waals surface area contributed by atoms with Crippen molar-refractivity contribution < 1.29 is 18.0 Å². The van der Waals surface area contributed by atoms with Crippen molar-refractivity contribution in [2.75, 3.05) is 5.32 Å². The van der Waals surface area contributed by atoms with E-state index in [1.165, 1.54) is 12.1 Å². The van der Waals surface area contributed by atoms with Crippen molar-refractivity contribution in [3.63, 3.8) is 0 Å².